The van der Waals surface area contributed by atoms with Gasteiger partial charge in [-0.15, -0.1) is 0 Å². The first-order chi connectivity index (χ1) is 12.9. The zero-order valence-electron chi connectivity index (χ0n) is 16.5. The van der Waals surface area contributed by atoms with Gasteiger partial charge in [-0.1, -0.05) is 6.92 Å². The zero-order chi connectivity index (χ0) is 20.1. The molecule has 1 aromatic rings. The first-order valence-electron chi connectivity index (χ1n) is 8.67. The minimum Gasteiger partial charge on any atom is -0.496 e. The third kappa shape index (κ3) is 4.27. The Morgan fingerprint density at radius 2 is 1.67 bits per heavy atom. The van der Waals surface area contributed by atoms with E-state index in [0.29, 0.717) is 40.5 Å². The number of carbonyl (C=O) groups is 2. The van der Waals surface area contributed by atoms with Crippen molar-refractivity contribution >= 4 is 12.0 Å². The molecule has 0 aliphatic carbocycles. The van der Waals surface area contributed by atoms with Crippen molar-refractivity contribution in [2.45, 2.75) is 39.3 Å². The molecule has 1 aliphatic heterocycles. The topological polar surface area (TPSA) is 95.1 Å². The van der Waals surface area contributed by atoms with Gasteiger partial charge in [0.15, 0.2) is 11.5 Å². The van der Waals surface area contributed by atoms with E-state index in [-0.39, 0.29) is 6.10 Å². The lowest BCUT2D eigenvalue weighted by Crippen LogP contribution is -2.46. The largest absolute Gasteiger partial charge is 0.496 e. The van der Waals surface area contributed by atoms with Gasteiger partial charge in [0.25, 0.3) is 0 Å². The normalized spacial score (nSPS) is 16.6. The monoisotopic (exact) mass is 378 g/mol. The Bertz CT molecular complexity index is 757. The van der Waals surface area contributed by atoms with Crippen LogP contribution in [0.15, 0.2) is 23.4 Å². The molecule has 1 heterocycles. The minimum absolute atomic E-state index is 0.298. The number of esters is 1. The fraction of sp³-hybridized carbons (Fsp3) is 0.474. The molecule has 27 heavy (non-hydrogen) atoms. The highest BCUT2D eigenvalue weighted by molar-refractivity contribution is 5.95. The number of hydrogen-bond acceptors (Lipinski definition) is 6. The predicted molar refractivity (Wildman–Crippen MR) is 99.1 cm³/mol. The van der Waals surface area contributed by atoms with Crippen LogP contribution in [0.2, 0.25) is 0 Å². The lowest BCUT2D eigenvalue weighted by Gasteiger charge is -2.30. The molecule has 148 valence electrons. The van der Waals surface area contributed by atoms with Crippen LogP contribution in [0, 0.1) is 0 Å². The highest BCUT2D eigenvalue weighted by Crippen LogP contribution is 2.41. The highest BCUT2D eigenvalue weighted by atomic mass is 16.5. The molecule has 0 radical (unpaired) electrons. The van der Waals surface area contributed by atoms with Crippen molar-refractivity contribution < 1.29 is 28.5 Å². The van der Waals surface area contributed by atoms with Crippen molar-refractivity contribution in [3.05, 3.63) is 29.0 Å². The summed E-state index contributed by atoms with van der Waals surface area (Å²) in [6.07, 6.45) is 0.163. The fourth-order valence-corrected chi connectivity index (χ4v) is 2.93. The van der Waals surface area contributed by atoms with Crippen LogP contribution in [-0.4, -0.2) is 39.4 Å². The van der Waals surface area contributed by atoms with Gasteiger partial charge in [0.05, 0.1) is 39.0 Å². The zero-order valence-corrected chi connectivity index (χ0v) is 16.5. The lowest BCUT2D eigenvalue weighted by molar-refractivity contribution is -0.143. The summed E-state index contributed by atoms with van der Waals surface area (Å²) >= 11 is 0. The third-order valence-corrected chi connectivity index (χ3v) is 4.12. The maximum absolute atomic E-state index is 12.8. The molecule has 2 N–H and O–H groups in total. The first kappa shape index (κ1) is 20.4. The number of allylic oxidation sites excluding steroid dienone is 1. The van der Waals surface area contributed by atoms with E-state index in [2.05, 4.69) is 10.6 Å². The Kier molecular flexibility index (Phi) is 6.55. The molecule has 0 saturated heterocycles. The van der Waals surface area contributed by atoms with Crippen LogP contribution < -0.4 is 24.8 Å². The van der Waals surface area contributed by atoms with E-state index in [1.54, 1.807) is 26.0 Å². The molecule has 0 bridgehead atoms. The minimum atomic E-state index is -0.755. The maximum atomic E-state index is 12.8. The molecular formula is C19H26N2O6. The molecule has 1 aromatic carbocycles. The maximum Gasteiger partial charge on any atom is 0.338 e. The van der Waals surface area contributed by atoms with Gasteiger partial charge < -0.3 is 29.6 Å². The number of rotatable bonds is 7. The molecule has 0 spiro atoms. The number of carbonyl (C=O) groups excluding carboxylic acids is 2. The Balaban J connectivity index is 2.65. The Morgan fingerprint density at radius 3 is 2.19 bits per heavy atom. The summed E-state index contributed by atoms with van der Waals surface area (Å²) in [7, 11) is 4.53. The van der Waals surface area contributed by atoms with Crippen LogP contribution in [0.1, 0.15) is 38.8 Å². The second-order valence-electron chi connectivity index (χ2n) is 6.18. The van der Waals surface area contributed by atoms with Crippen LogP contribution in [-0.2, 0) is 9.53 Å². The van der Waals surface area contributed by atoms with Crippen LogP contribution in [0.3, 0.4) is 0 Å². The molecule has 0 fully saturated rings. The van der Waals surface area contributed by atoms with Gasteiger partial charge in [0.2, 0.25) is 0 Å². The van der Waals surface area contributed by atoms with Crippen LogP contribution >= 0.6 is 0 Å². The molecule has 1 unspecified atom stereocenters. The van der Waals surface area contributed by atoms with Gasteiger partial charge in [0, 0.05) is 17.3 Å². The van der Waals surface area contributed by atoms with Crippen molar-refractivity contribution in [1.29, 1.82) is 0 Å². The number of urea groups is 1. The summed E-state index contributed by atoms with van der Waals surface area (Å²) in [4.78, 5) is 25.0. The van der Waals surface area contributed by atoms with E-state index in [4.69, 9.17) is 18.9 Å². The van der Waals surface area contributed by atoms with E-state index in [0.717, 1.165) is 0 Å². The summed E-state index contributed by atoms with van der Waals surface area (Å²) in [6, 6.07) is 2.17. The summed E-state index contributed by atoms with van der Waals surface area (Å²) in [5.41, 5.74) is 1.40. The van der Waals surface area contributed by atoms with E-state index >= 15 is 0 Å². The van der Waals surface area contributed by atoms with Crippen molar-refractivity contribution in [2.24, 2.45) is 0 Å². The van der Waals surface area contributed by atoms with E-state index in [9.17, 15) is 9.59 Å². The molecule has 0 saturated carbocycles. The molecule has 2 rings (SSSR count). The number of benzene rings is 1. The Labute approximate surface area is 158 Å². The van der Waals surface area contributed by atoms with Gasteiger partial charge in [-0.25, -0.2) is 9.59 Å². The molecular weight excluding hydrogens is 352 g/mol. The standard InChI is InChI=1S/C19H26N2O6/c1-7-12-16(18(22)27-10(2)3)17(21-19(23)20-12)11-8-14(25-5)15(26-6)9-13(11)24-4/h8-10,17H,7H2,1-6H3,(H2,20,21,23). The van der Waals surface area contributed by atoms with E-state index in [1.807, 2.05) is 6.92 Å². The third-order valence-electron chi connectivity index (χ3n) is 4.12. The SMILES string of the molecule is CCC1=C(C(=O)OC(C)C)C(c2cc(OC)c(OC)cc2OC)NC(=O)N1. The number of nitrogens with one attached hydrogen (secondary N) is 2. The Morgan fingerprint density at radius 1 is 1.07 bits per heavy atom. The number of methoxy groups -OCH3 is 3. The average Bonchev–Trinajstić information content (AvgIpc) is 2.65. The lowest BCUT2D eigenvalue weighted by atomic mass is 9.93. The van der Waals surface area contributed by atoms with Gasteiger partial charge >= 0.3 is 12.0 Å². The molecule has 8 heteroatoms. The molecule has 1 atom stereocenters. The van der Waals surface area contributed by atoms with Crippen LogP contribution in [0.4, 0.5) is 4.79 Å². The molecule has 1 aliphatic rings. The fourth-order valence-electron chi connectivity index (χ4n) is 2.93. The van der Waals surface area contributed by atoms with Crippen LogP contribution in [0.5, 0.6) is 17.2 Å². The van der Waals surface area contributed by atoms with Gasteiger partial charge in [-0.3, -0.25) is 0 Å². The number of amides is 2. The van der Waals surface area contributed by atoms with Crippen molar-refractivity contribution in [2.75, 3.05) is 21.3 Å². The van der Waals surface area contributed by atoms with E-state index < -0.39 is 18.0 Å². The Hall–Kier alpha value is -2.90. The molecule has 2 amide bonds. The summed E-state index contributed by atoms with van der Waals surface area (Å²) < 4.78 is 21.5. The molecule has 8 nitrogen and oxygen atoms in total. The second kappa shape index (κ2) is 8.66. The smallest absolute Gasteiger partial charge is 0.338 e. The van der Waals surface area contributed by atoms with Crippen LogP contribution in [0.25, 0.3) is 0 Å². The van der Waals surface area contributed by atoms with Gasteiger partial charge in [-0.05, 0) is 26.3 Å². The number of ether oxygens (including phenoxy) is 4. The number of hydrogen-bond donors (Lipinski definition) is 2. The summed E-state index contributed by atoms with van der Waals surface area (Å²) in [6.45, 7) is 5.39. The van der Waals surface area contributed by atoms with Gasteiger partial charge in [0.1, 0.15) is 5.75 Å². The molecule has 0 aromatic heterocycles. The first-order valence-corrected chi connectivity index (χ1v) is 8.67. The quantitative estimate of drug-likeness (QED) is 0.709. The second-order valence-corrected chi connectivity index (χ2v) is 6.18. The highest BCUT2D eigenvalue weighted by Gasteiger charge is 2.35. The van der Waals surface area contributed by atoms with Crippen molar-refractivity contribution in [3.63, 3.8) is 0 Å². The predicted octanol–water partition coefficient (Wildman–Crippen LogP) is 2.68. The summed E-state index contributed by atoms with van der Waals surface area (Å²) in [5.74, 6) is 0.876. The van der Waals surface area contributed by atoms with Crippen molar-refractivity contribution in [3.8, 4) is 17.2 Å². The van der Waals surface area contributed by atoms with Crippen molar-refractivity contribution in [1.82, 2.24) is 10.6 Å². The summed E-state index contributed by atoms with van der Waals surface area (Å²) in [5, 5.41) is 5.47. The van der Waals surface area contributed by atoms with Gasteiger partial charge in [-0.2, -0.15) is 0 Å². The van der Waals surface area contributed by atoms with E-state index in [1.165, 1.54) is 21.3 Å². The average molecular weight is 378 g/mol.